The first kappa shape index (κ1) is 23.2. The lowest BCUT2D eigenvalue weighted by Gasteiger charge is -2.44. The molecule has 4 aromatic rings. The monoisotopic (exact) mass is 492 g/mol. The van der Waals surface area contributed by atoms with E-state index < -0.39 is 28.6 Å². The van der Waals surface area contributed by atoms with Crippen molar-refractivity contribution in [3.8, 4) is 23.3 Å². The third-order valence-corrected chi connectivity index (χ3v) is 5.91. The van der Waals surface area contributed by atoms with Gasteiger partial charge in [0, 0.05) is 24.7 Å². The molecule has 2 aromatic carbocycles. The van der Waals surface area contributed by atoms with E-state index in [1.54, 1.807) is 12.1 Å². The Kier molecular flexibility index (Phi) is 5.72. The Labute approximate surface area is 203 Å². The van der Waals surface area contributed by atoms with Crippen LogP contribution in [0.1, 0.15) is 12.5 Å². The predicted octanol–water partition coefficient (Wildman–Crippen LogP) is 4.04. The van der Waals surface area contributed by atoms with E-state index in [1.165, 1.54) is 30.6 Å². The van der Waals surface area contributed by atoms with Crippen LogP contribution in [0.5, 0.6) is 11.5 Å². The minimum atomic E-state index is -0.754. The van der Waals surface area contributed by atoms with Gasteiger partial charge in [0.1, 0.15) is 29.5 Å². The van der Waals surface area contributed by atoms with Gasteiger partial charge in [-0.25, -0.2) is 22.9 Å². The number of aromatic nitrogens is 4. The zero-order chi connectivity index (χ0) is 25.4. The standard InChI is InChI=1S/C25H19F3N6O2/c1-25(12-29)13-33(14-25)23-9-22(21(28)10-30-23)36-17-7-5-16(6-8-17)34-24(35)32(15-31-34)11-18-19(26)3-2-4-20(18)27/h2-10,15H,11,13-14H2,1H3. The molecule has 8 nitrogen and oxygen atoms in total. The number of nitrogens with zero attached hydrogens (tertiary/aromatic N) is 6. The first-order valence-electron chi connectivity index (χ1n) is 10.9. The van der Waals surface area contributed by atoms with Gasteiger partial charge in [-0.15, -0.1) is 0 Å². The van der Waals surface area contributed by atoms with Gasteiger partial charge in [-0.3, -0.25) is 4.57 Å². The van der Waals surface area contributed by atoms with E-state index in [1.807, 2.05) is 11.8 Å². The second-order valence-corrected chi connectivity index (χ2v) is 8.75. The van der Waals surface area contributed by atoms with Gasteiger partial charge in [-0.1, -0.05) is 6.07 Å². The molecule has 36 heavy (non-hydrogen) atoms. The summed E-state index contributed by atoms with van der Waals surface area (Å²) >= 11 is 0. The summed E-state index contributed by atoms with van der Waals surface area (Å²) in [5.74, 6) is -1.39. The minimum absolute atomic E-state index is 0.0355. The number of hydrogen-bond acceptors (Lipinski definition) is 6. The van der Waals surface area contributed by atoms with Gasteiger partial charge < -0.3 is 9.64 Å². The van der Waals surface area contributed by atoms with E-state index in [4.69, 9.17) is 4.74 Å². The number of halogens is 3. The van der Waals surface area contributed by atoms with Gasteiger partial charge in [0.15, 0.2) is 11.6 Å². The summed E-state index contributed by atoms with van der Waals surface area (Å²) in [5.41, 5.74) is -0.902. The zero-order valence-electron chi connectivity index (χ0n) is 19.0. The zero-order valence-corrected chi connectivity index (χ0v) is 19.0. The lowest BCUT2D eigenvalue weighted by atomic mass is 9.84. The van der Waals surface area contributed by atoms with E-state index in [0.717, 1.165) is 27.6 Å². The molecule has 1 aliphatic heterocycles. The molecule has 0 amide bonds. The van der Waals surface area contributed by atoms with Crippen LogP contribution < -0.4 is 15.3 Å². The number of anilines is 1. The molecule has 0 atom stereocenters. The molecule has 11 heteroatoms. The number of hydrogen-bond donors (Lipinski definition) is 0. The van der Waals surface area contributed by atoms with Crippen LogP contribution in [0.15, 0.2) is 65.8 Å². The molecule has 0 spiro atoms. The van der Waals surface area contributed by atoms with Crippen molar-refractivity contribution >= 4 is 5.82 Å². The Hall–Kier alpha value is -4.59. The largest absolute Gasteiger partial charge is 0.454 e. The maximum atomic E-state index is 14.3. The van der Waals surface area contributed by atoms with E-state index >= 15 is 0 Å². The molecule has 0 N–H and O–H groups in total. The summed E-state index contributed by atoms with van der Waals surface area (Å²) in [5, 5.41) is 13.2. The quantitative estimate of drug-likeness (QED) is 0.404. The minimum Gasteiger partial charge on any atom is -0.454 e. The van der Waals surface area contributed by atoms with Gasteiger partial charge >= 0.3 is 5.69 Å². The molecule has 5 rings (SSSR count). The molecule has 1 saturated heterocycles. The molecule has 3 heterocycles. The van der Waals surface area contributed by atoms with Crippen molar-refractivity contribution in [2.75, 3.05) is 18.0 Å². The average molecular weight is 492 g/mol. The average Bonchev–Trinajstić information content (AvgIpc) is 3.21. The smallest absolute Gasteiger partial charge is 0.350 e. The fraction of sp³-hybridized carbons (Fsp3) is 0.200. The number of ether oxygens (including phenoxy) is 1. The van der Waals surface area contributed by atoms with Crippen LogP contribution in [-0.4, -0.2) is 32.4 Å². The number of rotatable bonds is 6. The van der Waals surface area contributed by atoms with Gasteiger partial charge in [0.25, 0.3) is 0 Å². The Morgan fingerprint density at radius 1 is 1.08 bits per heavy atom. The third-order valence-electron chi connectivity index (χ3n) is 5.91. The van der Waals surface area contributed by atoms with Crippen LogP contribution in [0.2, 0.25) is 0 Å². The van der Waals surface area contributed by atoms with Crippen molar-refractivity contribution in [2.24, 2.45) is 5.41 Å². The fourth-order valence-electron chi connectivity index (χ4n) is 3.95. The molecule has 1 fully saturated rings. The van der Waals surface area contributed by atoms with E-state index in [9.17, 15) is 23.2 Å². The normalized spacial score (nSPS) is 14.2. The Bertz CT molecular complexity index is 1510. The van der Waals surface area contributed by atoms with Crippen molar-refractivity contribution in [2.45, 2.75) is 13.5 Å². The summed E-state index contributed by atoms with van der Waals surface area (Å²) in [7, 11) is 0. The fourth-order valence-corrected chi connectivity index (χ4v) is 3.95. The van der Waals surface area contributed by atoms with Gasteiger partial charge in [0.05, 0.1) is 29.9 Å². The van der Waals surface area contributed by atoms with Crippen LogP contribution >= 0.6 is 0 Å². The summed E-state index contributed by atoms with van der Waals surface area (Å²) < 4.78 is 50.1. The Morgan fingerprint density at radius 2 is 1.78 bits per heavy atom. The highest BCUT2D eigenvalue weighted by atomic mass is 19.1. The molecular formula is C25H19F3N6O2. The van der Waals surface area contributed by atoms with Crippen LogP contribution in [0.25, 0.3) is 5.69 Å². The van der Waals surface area contributed by atoms with E-state index in [0.29, 0.717) is 30.3 Å². The molecule has 0 saturated carbocycles. The van der Waals surface area contributed by atoms with Crippen molar-refractivity contribution < 1.29 is 17.9 Å². The number of nitriles is 1. The Balaban J connectivity index is 1.32. The van der Waals surface area contributed by atoms with Crippen LogP contribution in [-0.2, 0) is 6.54 Å². The van der Waals surface area contributed by atoms with Gasteiger partial charge in [0.2, 0.25) is 0 Å². The summed E-state index contributed by atoms with van der Waals surface area (Å²) in [6.07, 6.45) is 2.26. The summed E-state index contributed by atoms with van der Waals surface area (Å²) in [4.78, 5) is 18.7. The van der Waals surface area contributed by atoms with Gasteiger partial charge in [-0.2, -0.15) is 15.0 Å². The topological polar surface area (TPSA) is 89.0 Å². The van der Waals surface area contributed by atoms with Crippen molar-refractivity contribution in [1.82, 2.24) is 19.3 Å². The summed E-state index contributed by atoms with van der Waals surface area (Å²) in [6, 6.07) is 13.4. The van der Waals surface area contributed by atoms with Crippen LogP contribution in [0, 0.1) is 34.2 Å². The maximum absolute atomic E-state index is 14.3. The first-order valence-corrected chi connectivity index (χ1v) is 10.9. The van der Waals surface area contributed by atoms with Gasteiger partial charge in [-0.05, 0) is 43.3 Å². The van der Waals surface area contributed by atoms with Crippen molar-refractivity contribution in [3.63, 3.8) is 0 Å². The third kappa shape index (κ3) is 4.29. The van der Waals surface area contributed by atoms with E-state index in [2.05, 4.69) is 16.2 Å². The molecule has 0 radical (unpaired) electrons. The van der Waals surface area contributed by atoms with Crippen LogP contribution in [0.4, 0.5) is 19.0 Å². The highest BCUT2D eigenvalue weighted by Crippen LogP contribution is 2.35. The highest BCUT2D eigenvalue weighted by molar-refractivity contribution is 5.50. The molecule has 0 bridgehead atoms. The molecule has 182 valence electrons. The maximum Gasteiger partial charge on any atom is 0.350 e. The van der Waals surface area contributed by atoms with Crippen LogP contribution in [0.3, 0.4) is 0 Å². The number of benzene rings is 2. The SMILES string of the molecule is CC1(C#N)CN(c2cc(Oc3ccc(-n4ncn(Cc5c(F)cccc5F)c4=O)cc3)c(F)cn2)C1. The lowest BCUT2D eigenvalue weighted by Crippen LogP contribution is -2.54. The van der Waals surface area contributed by atoms with Crippen molar-refractivity contribution in [1.29, 1.82) is 5.26 Å². The Morgan fingerprint density at radius 3 is 2.44 bits per heavy atom. The predicted molar refractivity (Wildman–Crippen MR) is 123 cm³/mol. The second-order valence-electron chi connectivity index (χ2n) is 8.75. The highest BCUT2D eigenvalue weighted by Gasteiger charge is 2.39. The van der Waals surface area contributed by atoms with Crippen molar-refractivity contribution in [3.05, 3.63) is 94.6 Å². The molecule has 1 aliphatic rings. The second kappa shape index (κ2) is 8.88. The summed E-state index contributed by atoms with van der Waals surface area (Å²) in [6.45, 7) is 2.51. The molecular weight excluding hydrogens is 473 g/mol. The first-order chi connectivity index (χ1) is 17.3. The molecule has 0 unspecified atom stereocenters. The molecule has 2 aromatic heterocycles. The number of pyridine rings is 1. The van der Waals surface area contributed by atoms with E-state index in [-0.39, 0.29) is 17.9 Å². The molecule has 0 aliphatic carbocycles. The lowest BCUT2D eigenvalue weighted by molar-refractivity contribution is 0.333.